The third-order valence-corrected chi connectivity index (χ3v) is 8.55. The topological polar surface area (TPSA) is 95.9 Å². The Labute approximate surface area is 197 Å². The Kier molecular flexibility index (Phi) is 6.55. The molecule has 7 nitrogen and oxygen atoms in total. The van der Waals surface area contributed by atoms with Crippen LogP contribution in [0.4, 0.5) is 0 Å². The number of halogens is 2. The van der Waals surface area contributed by atoms with E-state index in [0.29, 0.717) is 16.5 Å². The summed E-state index contributed by atoms with van der Waals surface area (Å²) >= 11 is 12.2. The monoisotopic (exact) mass is 498 g/mol. The lowest BCUT2D eigenvalue weighted by molar-refractivity contribution is -0.140. The molecule has 32 heavy (non-hydrogen) atoms. The second-order valence-corrected chi connectivity index (χ2v) is 10.8. The van der Waals surface area contributed by atoms with Gasteiger partial charge in [-0.3, -0.25) is 4.79 Å². The van der Waals surface area contributed by atoms with E-state index in [1.165, 1.54) is 4.31 Å². The normalized spacial score (nSPS) is 28.0. The minimum Gasteiger partial charge on any atom is -0.480 e. The van der Waals surface area contributed by atoms with E-state index < -0.39 is 27.6 Å². The van der Waals surface area contributed by atoms with Gasteiger partial charge in [-0.2, -0.15) is 17.4 Å². The van der Waals surface area contributed by atoms with E-state index in [9.17, 15) is 18.3 Å². The molecule has 1 aliphatic carbocycles. The van der Waals surface area contributed by atoms with Crippen LogP contribution in [0.25, 0.3) is 0 Å². The van der Waals surface area contributed by atoms with Gasteiger partial charge in [0.2, 0.25) is 0 Å². The summed E-state index contributed by atoms with van der Waals surface area (Å²) in [6.07, 6.45) is 0.167. The molecule has 10 heteroatoms. The Hall–Kier alpha value is -1.68. The Morgan fingerprint density at radius 2 is 1.97 bits per heavy atom. The first kappa shape index (κ1) is 23.5. The molecule has 2 N–H and O–H groups in total. The van der Waals surface area contributed by atoms with E-state index in [2.05, 4.69) is 4.72 Å². The highest BCUT2D eigenvalue weighted by Crippen LogP contribution is 2.58. The quantitative estimate of drug-likeness (QED) is 0.578. The molecule has 2 unspecified atom stereocenters. The van der Waals surface area contributed by atoms with Crippen molar-refractivity contribution in [1.82, 2.24) is 9.03 Å². The van der Waals surface area contributed by atoms with Crippen LogP contribution in [-0.2, 0) is 26.3 Å². The summed E-state index contributed by atoms with van der Waals surface area (Å²) in [7, 11) is -4.03. The summed E-state index contributed by atoms with van der Waals surface area (Å²) in [4.78, 5) is 12.2. The lowest BCUT2D eigenvalue weighted by Gasteiger charge is -2.22. The van der Waals surface area contributed by atoms with Crippen LogP contribution in [0, 0.1) is 5.92 Å². The highest BCUT2D eigenvalue weighted by molar-refractivity contribution is 7.87. The molecule has 0 bridgehead atoms. The average molecular weight is 499 g/mol. The largest absolute Gasteiger partial charge is 0.480 e. The van der Waals surface area contributed by atoms with Crippen molar-refractivity contribution in [2.45, 2.75) is 37.5 Å². The summed E-state index contributed by atoms with van der Waals surface area (Å²) in [5.41, 5.74) is -0.0416. The van der Waals surface area contributed by atoms with E-state index in [0.717, 1.165) is 11.1 Å². The maximum atomic E-state index is 13.1. The van der Waals surface area contributed by atoms with E-state index in [1.807, 2.05) is 30.3 Å². The summed E-state index contributed by atoms with van der Waals surface area (Å²) in [6, 6.07) is 14.2. The molecule has 0 aromatic heterocycles. The van der Waals surface area contributed by atoms with Crippen molar-refractivity contribution < 1.29 is 23.1 Å². The molecule has 4 rings (SSSR count). The van der Waals surface area contributed by atoms with Gasteiger partial charge in [0.15, 0.2) is 0 Å². The lowest BCUT2D eigenvalue weighted by atomic mass is 10.1. The van der Waals surface area contributed by atoms with Crippen molar-refractivity contribution >= 4 is 39.4 Å². The fourth-order valence-corrected chi connectivity index (χ4v) is 6.52. The van der Waals surface area contributed by atoms with Crippen LogP contribution >= 0.6 is 23.2 Å². The molecule has 0 radical (unpaired) electrons. The maximum Gasteiger partial charge on any atom is 0.325 e. The van der Waals surface area contributed by atoms with Crippen LogP contribution in [-0.4, -0.2) is 48.5 Å². The summed E-state index contributed by atoms with van der Waals surface area (Å²) in [6.45, 7) is 2.33. The first-order valence-electron chi connectivity index (χ1n) is 10.3. The number of ether oxygens (including phenoxy) is 1. The van der Waals surface area contributed by atoms with Crippen LogP contribution in [0.15, 0.2) is 48.5 Å². The molecule has 1 heterocycles. The van der Waals surface area contributed by atoms with Gasteiger partial charge in [0.25, 0.3) is 10.2 Å². The predicted molar refractivity (Wildman–Crippen MR) is 122 cm³/mol. The molecule has 2 aromatic rings. The van der Waals surface area contributed by atoms with Gasteiger partial charge in [-0.25, -0.2) is 0 Å². The van der Waals surface area contributed by atoms with Gasteiger partial charge in [-0.1, -0.05) is 60.5 Å². The number of carbonyl (C=O) groups is 1. The molecule has 2 fully saturated rings. The molecule has 0 amide bonds. The molecular weight excluding hydrogens is 475 g/mol. The minimum atomic E-state index is -4.03. The van der Waals surface area contributed by atoms with E-state index in [1.54, 1.807) is 25.1 Å². The highest BCUT2D eigenvalue weighted by Gasteiger charge is 2.70. The third-order valence-electron chi connectivity index (χ3n) is 6.34. The fraction of sp³-hybridized carbons (Fsp3) is 0.409. The van der Waals surface area contributed by atoms with Crippen molar-refractivity contribution in [2.75, 3.05) is 13.1 Å². The maximum absolute atomic E-state index is 13.1. The highest BCUT2D eigenvalue weighted by atomic mass is 35.5. The molecule has 1 aliphatic heterocycles. The van der Waals surface area contributed by atoms with Crippen molar-refractivity contribution in [3.8, 4) is 0 Å². The smallest absolute Gasteiger partial charge is 0.325 e. The van der Waals surface area contributed by atoms with E-state index >= 15 is 0 Å². The zero-order valence-corrected chi connectivity index (χ0v) is 19.7. The lowest BCUT2D eigenvalue weighted by Crippen LogP contribution is -2.51. The molecule has 1 saturated heterocycles. The van der Waals surface area contributed by atoms with Gasteiger partial charge in [-0.15, -0.1) is 0 Å². The fourth-order valence-electron chi connectivity index (χ4n) is 4.49. The number of aliphatic carboxylic acids is 1. The Morgan fingerprint density at radius 3 is 2.66 bits per heavy atom. The number of carboxylic acids is 1. The molecule has 1 saturated carbocycles. The Morgan fingerprint density at radius 1 is 1.25 bits per heavy atom. The number of hydrogen-bond donors (Lipinski definition) is 2. The number of hydrogen-bond acceptors (Lipinski definition) is 4. The first-order valence-corrected chi connectivity index (χ1v) is 12.5. The van der Waals surface area contributed by atoms with Crippen molar-refractivity contribution in [3.05, 3.63) is 69.7 Å². The van der Waals surface area contributed by atoms with Gasteiger partial charge in [0.05, 0.1) is 12.7 Å². The Balaban J connectivity index is 1.42. The third kappa shape index (κ3) is 4.40. The molecule has 172 valence electrons. The van der Waals surface area contributed by atoms with E-state index in [4.69, 9.17) is 27.9 Å². The van der Waals surface area contributed by atoms with Crippen LogP contribution in [0.5, 0.6) is 0 Å². The van der Waals surface area contributed by atoms with Crippen LogP contribution in [0.1, 0.15) is 30.4 Å². The molecule has 4 atom stereocenters. The van der Waals surface area contributed by atoms with E-state index in [-0.39, 0.29) is 31.7 Å². The number of rotatable bonds is 8. The average Bonchev–Trinajstić information content (AvgIpc) is 3.10. The SMILES string of the molecule is CC1[C@H](c2ccccc2)[C@]1(NS(=O)(=O)N1CCC(OCc2cc(Cl)ccc2Cl)C1)C(=O)O. The zero-order chi connectivity index (χ0) is 23.1. The molecular formula is C22H24Cl2N2O5S. The second-order valence-electron chi connectivity index (χ2n) is 8.27. The summed E-state index contributed by atoms with van der Waals surface area (Å²) in [5, 5.41) is 11.0. The number of nitrogens with one attached hydrogen (secondary N) is 1. The van der Waals surface area contributed by atoms with Crippen molar-refractivity contribution in [1.29, 1.82) is 0 Å². The first-order chi connectivity index (χ1) is 15.1. The van der Waals surface area contributed by atoms with Crippen LogP contribution in [0.3, 0.4) is 0 Å². The number of carboxylic acid groups (broad SMARTS) is 1. The Bertz CT molecular complexity index is 1110. The van der Waals surface area contributed by atoms with Gasteiger partial charge in [0.1, 0.15) is 5.54 Å². The summed E-state index contributed by atoms with van der Waals surface area (Å²) < 4.78 is 35.8. The van der Waals surface area contributed by atoms with Gasteiger partial charge < -0.3 is 9.84 Å². The van der Waals surface area contributed by atoms with Gasteiger partial charge in [-0.05, 0) is 41.7 Å². The summed E-state index contributed by atoms with van der Waals surface area (Å²) in [5.74, 6) is -1.99. The minimum absolute atomic E-state index is 0.133. The van der Waals surface area contributed by atoms with Crippen molar-refractivity contribution in [3.63, 3.8) is 0 Å². The molecule has 2 aromatic carbocycles. The standard InChI is InChI=1S/C22H24Cl2N2O5S/c1-14-20(15-5-3-2-4-6-15)22(14,21(27)28)25-32(29,30)26-10-9-18(12-26)31-13-16-11-17(23)7-8-19(16)24/h2-8,11,14,18,20,25H,9-10,12-13H2,1H3,(H,27,28)/t14?,18?,20-,22+/m1/s1. The molecule has 2 aliphatic rings. The number of nitrogens with zero attached hydrogens (tertiary/aromatic N) is 1. The van der Waals surface area contributed by atoms with Gasteiger partial charge >= 0.3 is 5.97 Å². The van der Waals surface area contributed by atoms with Crippen LogP contribution < -0.4 is 4.72 Å². The zero-order valence-electron chi connectivity index (χ0n) is 17.4. The predicted octanol–water partition coefficient (Wildman–Crippen LogP) is 3.68. The van der Waals surface area contributed by atoms with Gasteiger partial charge in [0, 0.05) is 29.1 Å². The number of benzene rings is 2. The van der Waals surface area contributed by atoms with Crippen LogP contribution in [0.2, 0.25) is 10.0 Å². The van der Waals surface area contributed by atoms with Crippen molar-refractivity contribution in [2.24, 2.45) is 5.92 Å². The molecule has 0 spiro atoms. The second kappa shape index (κ2) is 8.93.